The predicted molar refractivity (Wildman–Crippen MR) is 69.8 cm³/mol. The number of hydrogen-bond acceptors (Lipinski definition) is 2. The lowest BCUT2D eigenvalue weighted by atomic mass is 9.99. The van der Waals surface area contributed by atoms with Crippen molar-refractivity contribution in [2.45, 2.75) is 18.9 Å². The summed E-state index contributed by atoms with van der Waals surface area (Å²) in [4.78, 5) is 0. The predicted octanol–water partition coefficient (Wildman–Crippen LogP) is 2.78. The van der Waals surface area contributed by atoms with Gasteiger partial charge < -0.3 is 10.8 Å². The van der Waals surface area contributed by atoms with Crippen LogP contribution in [-0.4, -0.2) is 11.1 Å². The summed E-state index contributed by atoms with van der Waals surface area (Å²) in [7, 11) is 0. The molecular weight excluding hydrogens is 248 g/mol. The molecule has 0 radical (unpaired) electrons. The standard InChI is InChI=1S/C15H15F2NO/c16-12-4-3-11(15(17)9-12)8-13(18)7-10-1-5-14(19)6-2-10/h1-6,9,13,19H,7-8,18H2. The highest BCUT2D eigenvalue weighted by atomic mass is 19.1. The third kappa shape index (κ3) is 3.76. The number of phenolic OH excluding ortho intramolecular Hbond substituents is 1. The van der Waals surface area contributed by atoms with Crippen molar-refractivity contribution >= 4 is 0 Å². The Balaban J connectivity index is 2.01. The molecular formula is C15H15F2NO. The van der Waals surface area contributed by atoms with Crippen molar-refractivity contribution in [3.05, 3.63) is 65.2 Å². The average Bonchev–Trinajstić information content (AvgIpc) is 2.36. The van der Waals surface area contributed by atoms with Crippen molar-refractivity contribution in [1.29, 1.82) is 0 Å². The summed E-state index contributed by atoms with van der Waals surface area (Å²) in [6.45, 7) is 0. The first-order valence-electron chi connectivity index (χ1n) is 6.02. The molecule has 2 aromatic rings. The Morgan fingerprint density at radius 1 is 1.00 bits per heavy atom. The molecule has 0 heterocycles. The molecule has 2 rings (SSSR count). The second-order valence-corrected chi connectivity index (χ2v) is 4.57. The summed E-state index contributed by atoms with van der Waals surface area (Å²) >= 11 is 0. The summed E-state index contributed by atoms with van der Waals surface area (Å²) in [5.41, 5.74) is 7.34. The first-order valence-corrected chi connectivity index (χ1v) is 6.02. The quantitative estimate of drug-likeness (QED) is 0.891. The fraction of sp³-hybridized carbons (Fsp3) is 0.200. The topological polar surface area (TPSA) is 46.2 Å². The Labute approximate surface area is 110 Å². The van der Waals surface area contributed by atoms with E-state index in [1.165, 1.54) is 12.1 Å². The maximum Gasteiger partial charge on any atom is 0.129 e. The molecule has 2 nitrogen and oxygen atoms in total. The number of benzene rings is 2. The van der Waals surface area contributed by atoms with Crippen molar-refractivity contribution < 1.29 is 13.9 Å². The van der Waals surface area contributed by atoms with Crippen LogP contribution in [-0.2, 0) is 12.8 Å². The monoisotopic (exact) mass is 263 g/mol. The van der Waals surface area contributed by atoms with Crippen LogP contribution in [0.15, 0.2) is 42.5 Å². The van der Waals surface area contributed by atoms with Crippen molar-refractivity contribution in [2.24, 2.45) is 5.73 Å². The lowest BCUT2D eigenvalue weighted by Gasteiger charge is -2.12. The van der Waals surface area contributed by atoms with Crippen LogP contribution >= 0.6 is 0 Å². The largest absolute Gasteiger partial charge is 0.508 e. The number of phenols is 1. The molecule has 0 aliphatic heterocycles. The van der Waals surface area contributed by atoms with E-state index < -0.39 is 11.6 Å². The minimum absolute atomic E-state index is 0.196. The van der Waals surface area contributed by atoms with Crippen LogP contribution in [0.2, 0.25) is 0 Å². The smallest absolute Gasteiger partial charge is 0.129 e. The van der Waals surface area contributed by atoms with Crippen LogP contribution in [0.4, 0.5) is 8.78 Å². The molecule has 3 N–H and O–H groups in total. The molecule has 0 saturated carbocycles. The summed E-state index contributed by atoms with van der Waals surface area (Å²) in [6.07, 6.45) is 0.907. The molecule has 100 valence electrons. The Hall–Kier alpha value is -1.94. The normalized spacial score (nSPS) is 12.4. The minimum Gasteiger partial charge on any atom is -0.508 e. The number of halogens is 2. The number of rotatable bonds is 4. The van der Waals surface area contributed by atoms with Crippen LogP contribution < -0.4 is 5.73 Å². The van der Waals surface area contributed by atoms with E-state index in [1.807, 2.05) is 0 Å². The van der Waals surface area contributed by atoms with E-state index in [9.17, 15) is 13.9 Å². The molecule has 1 unspecified atom stereocenters. The second-order valence-electron chi connectivity index (χ2n) is 4.57. The zero-order valence-electron chi connectivity index (χ0n) is 10.3. The third-order valence-corrected chi connectivity index (χ3v) is 2.93. The molecule has 0 fully saturated rings. The highest BCUT2D eigenvalue weighted by molar-refractivity contribution is 5.27. The molecule has 19 heavy (non-hydrogen) atoms. The summed E-state index contributed by atoms with van der Waals surface area (Å²) < 4.78 is 26.2. The van der Waals surface area contributed by atoms with Crippen LogP contribution in [0.1, 0.15) is 11.1 Å². The molecule has 4 heteroatoms. The molecule has 0 spiro atoms. The first-order chi connectivity index (χ1) is 9.04. The van der Waals surface area contributed by atoms with E-state index in [2.05, 4.69) is 0 Å². The second kappa shape index (κ2) is 5.80. The molecule has 0 bridgehead atoms. The SMILES string of the molecule is NC(Cc1ccc(O)cc1)Cc1ccc(F)cc1F. The molecule has 0 saturated heterocycles. The van der Waals surface area contributed by atoms with Gasteiger partial charge in [-0.05, 0) is 42.2 Å². The number of hydrogen-bond donors (Lipinski definition) is 2. The third-order valence-electron chi connectivity index (χ3n) is 2.93. The fourth-order valence-electron chi connectivity index (χ4n) is 1.98. The van der Waals surface area contributed by atoms with E-state index in [4.69, 9.17) is 5.73 Å². The number of nitrogens with two attached hydrogens (primary N) is 1. The lowest BCUT2D eigenvalue weighted by molar-refractivity contribution is 0.475. The van der Waals surface area contributed by atoms with Gasteiger partial charge in [0.25, 0.3) is 0 Å². The van der Waals surface area contributed by atoms with Crippen LogP contribution in [0.25, 0.3) is 0 Å². The number of aromatic hydroxyl groups is 1. The van der Waals surface area contributed by atoms with Gasteiger partial charge in [0.15, 0.2) is 0 Å². The highest BCUT2D eigenvalue weighted by Crippen LogP contribution is 2.15. The highest BCUT2D eigenvalue weighted by Gasteiger charge is 2.10. The van der Waals surface area contributed by atoms with Gasteiger partial charge in [-0.1, -0.05) is 18.2 Å². The molecule has 2 aromatic carbocycles. The maximum atomic E-state index is 13.5. The van der Waals surface area contributed by atoms with Crippen LogP contribution in [0.5, 0.6) is 5.75 Å². The van der Waals surface area contributed by atoms with Gasteiger partial charge in [0.2, 0.25) is 0 Å². The van der Waals surface area contributed by atoms with E-state index in [0.717, 1.165) is 11.6 Å². The van der Waals surface area contributed by atoms with E-state index in [1.54, 1.807) is 24.3 Å². The van der Waals surface area contributed by atoms with Gasteiger partial charge in [0.1, 0.15) is 17.4 Å². The Bertz CT molecular complexity index is 555. The minimum atomic E-state index is -0.589. The van der Waals surface area contributed by atoms with Crippen molar-refractivity contribution in [1.82, 2.24) is 0 Å². The first kappa shape index (κ1) is 13.5. The lowest BCUT2D eigenvalue weighted by Crippen LogP contribution is -2.26. The molecule has 1 atom stereocenters. The molecule has 0 aromatic heterocycles. The summed E-state index contributed by atoms with van der Waals surface area (Å²) in [6, 6.07) is 9.97. The van der Waals surface area contributed by atoms with Crippen LogP contribution in [0.3, 0.4) is 0 Å². The van der Waals surface area contributed by atoms with Gasteiger partial charge in [0.05, 0.1) is 0 Å². The Morgan fingerprint density at radius 3 is 2.32 bits per heavy atom. The Morgan fingerprint density at radius 2 is 1.68 bits per heavy atom. The maximum absolute atomic E-state index is 13.5. The van der Waals surface area contributed by atoms with Gasteiger partial charge in [-0.25, -0.2) is 8.78 Å². The van der Waals surface area contributed by atoms with Crippen molar-refractivity contribution in [2.75, 3.05) is 0 Å². The van der Waals surface area contributed by atoms with Crippen molar-refractivity contribution in [3.8, 4) is 5.75 Å². The zero-order valence-corrected chi connectivity index (χ0v) is 10.3. The van der Waals surface area contributed by atoms with Gasteiger partial charge >= 0.3 is 0 Å². The van der Waals surface area contributed by atoms with Gasteiger partial charge in [-0.3, -0.25) is 0 Å². The van der Waals surface area contributed by atoms with Gasteiger partial charge in [-0.15, -0.1) is 0 Å². The van der Waals surface area contributed by atoms with Crippen LogP contribution in [0, 0.1) is 11.6 Å². The average molecular weight is 263 g/mol. The van der Waals surface area contributed by atoms with Crippen molar-refractivity contribution in [3.63, 3.8) is 0 Å². The van der Waals surface area contributed by atoms with E-state index in [-0.39, 0.29) is 11.8 Å². The van der Waals surface area contributed by atoms with Gasteiger partial charge in [0, 0.05) is 12.1 Å². The summed E-state index contributed by atoms with van der Waals surface area (Å²) in [5, 5.41) is 9.17. The molecule has 0 amide bonds. The van der Waals surface area contributed by atoms with E-state index in [0.29, 0.717) is 18.4 Å². The van der Waals surface area contributed by atoms with E-state index >= 15 is 0 Å². The van der Waals surface area contributed by atoms with Gasteiger partial charge in [-0.2, -0.15) is 0 Å². The molecule has 0 aliphatic carbocycles. The fourth-order valence-corrected chi connectivity index (χ4v) is 1.98. The molecule has 0 aliphatic rings. The summed E-state index contributed by atoms with van der Waals surface area (Å²) in [5.74, 6) is -0.962. The zero-order chi connectivity index (χ0) is 13.8. The Kier molecular flexibility index (Phi) is 4.12.